The van der Waals surface area contributed by atoms with E-state index in [4.69, 9.17) is 5.11 Å². The van der Waals surface area contributed by atoms with Crippen molar-refractivity contribution in [3.63, 3.8) is 0 Å². The average molecular weight is 296 g/mol. The van der Waals surface area contributed by atoms with Crippen LogP contribution in [0.15, 0.2) is 0 Å². The Labute approximate surface area is 127 Å². The fraction of sp³-hybridized carbons (Fsp3) is 0.875. The van der Waals surface area contributed by atoms with Crippen molar-refractivity contribution in [2.24, 2.45) is 5.92 Å². The summed E-state index contributed by atoms with van der Waals surface area (Å²) in [6.45, 7) is 3.66. The molecule has 0 bridgehead atoms. The molecule has 1 heterocycles. The summed E-state index contributed by atoms with van der Waals surface area (Å²) in [5.74, 6) is -0.186. The van der Waals surface area contributed by atoms with Crippen molar-refractivity contribution in [3.8, 4) is 0 Å². The third kappa shape index (κ3) is 4.43. The van der Waals surface area contributed by atoms with Crippen molar-refractivity contribution in [2.45, 2.75) is 70.4 Å². The van der Waals surface area contributed by atoms with Crippen molar-refractivity contribution in [2.75, 3.05) is 13.1 Å². The summed E-state index contributed by atoms with van der Waals surface area (Å²) in [7, 11) is 0. The van der Waals surface area contributed by atoms with Gasteiger partial charge >= 0.3 is 5.97 Å². The summed E-state index contributed by atoms with van der Waals surface area (Å²) in [6.07, 6.45) is 8.37. The molecule has 1 aliphatic heterocycles. The summed E-state index contributed by atoms with van der Waals surface area (Å²) in [4.78, 5) is 25.2. The van der Waals surface area contributed by atoms with Crippen molar-refractivity contribution in [3.05, 3.63) is 0 Å². The highest BCUT2D eigenvalue weighted by molar-refractivity contribution is 5.86. The number of rotatable bonds is 5. The van der Waals surface area contributed by atoms with E-state index in [1.807, 2.05) is 0 Å². The molecule has 120 valence electrons. The molecule has 5 nitrogen and oxygen atoms in total. The van der Waals surface area contributed by atoms with Crippen LogP contribution in [-0.2, 0) is 9.59 Å². The highest BCUT2D eigenvalue weighted by Crippen LogP contribution is 2.30. The second kappa shape index (κ2) is 7.78. The molecule has 1 amide bonds. The van der Waals surface area contributed by atoms with Gasteiger partial charge in [0.15, 0.2) is 0 Å². The summed E-state index contributed by atoms with van der Waals surface area (Å²) in [5.41, 5.74) is 0. The predicted octanol–water partition coefficient (Wildman–Crippen LogP) is 2.01. The van der Waals surface area contributed by atoms with Gasteiger partial charge in [0.2, 0.25) is 5.91 Å². The molecule has 0 spiro atoms. The Bertz CT molecular complexity index is 373. The topological polar surface area (TPSA) is 69.6 Å². The molecule has 0 aromatic carbocycles. The molecule has 0 aromatic heterocycles. The number of carbonyl (C=O) groups excluding carboxylic acids is 1. The standard InChI is InChI=1S/C16H28N2O3/c1-2-4-12-5-3-6-13(8-7-12)18-10-9-17-16(21)14(18)11-15(19)20/h12-14H,2-11H2,1H3,(H,17,21)(H,19,20). The molecule has 3 unspecified atom stereocenters. The Morgan fingerprint density at radius 2 is 2.14 bits per heavy atom. The SMILES string of the molecule is CCCC1CCCC(N2CCNC(=O)C2CC(=O)O)CC1. The summed E-state index contributed by atoms with van der Waals surface area (Å²) >= 11 is 0. The van der Waals surface area contributed by atoms with Gasteiger partial charge in [0.05, 0.1) is 12.5 Å². The minimum atomic E-state index is -0.889. The zero-order chi connectivity index (χ0) is 15.2. The highest BCUT2D eigenvalue weighted by Gasteiger charge is 2.36. The maximum Gasteiger partial charge on any atom is 0.305 e. The van der Waals surface area contributed by atoms with Gasteiger partial charge in [-0.1, -0.05) is 32.6 Å². The first kappa shape index (κ1) is 16.3. The van der Waals surface area contributed by atoms with Gasteiger partial charge in [0.25, 0.3) is 0 Å². The van der Waals surface area contributed by atoms with E-state index < -0.39 is 12.0 Å². The number of amides is 1. The van der Waals surface area contributed by atoms with Gasteiger partial charge in [-0.05, 0) is 25.2 Å². The number of hydrogen-bond donors (Lipinski definition) is 2. The number of hydrogen-bond acceptors (Lipinski definition) is 3. The van der Waals surface area contributed by atoms with Gasteiger partial charge in [0, 0.05) is 19.1 Å². The van der Waals surface area contributed by atoms with Gasteiger partial charge in [-0.3, -0.25) is 14.5 Å². The molecule has 5 heteroatoms. The Morgan fingerprint density at radius 1 is 1.33 bits per heavy atom. The van der Waals surface area contributed by atoms with Crippen molar-refractivity contribution in [1.29, 1.82) is 0 Å². The lowest BCUT2D eigenvalue weighted by Gasteiger charge is -2.39. The van der Waals surface area contributed by atoms with Gasteiger partial charge in [-0.15, -0.1) is 0 Å². The maximum atomic E-state index is 12.0. The van der Waals surface area contributed by atoms with Gasteiger partial charge in [0.1, 0.15) is 0 Å². The number of nitrogens with zero attached hydrogens (tertiary/aromatic N) is 1. The summed E-state index contributed by atoms with van der Waals surface area (Å²) in [6, 6.07) is -0.105. The van der Waals surface area contributed by atoms with Crippen LogP contribution in [0.25, 0.3) is 0 Å². The van der Waals surface area contributed by atoms with E-state index >= 15 is 0 Å². The van der Waals surface area contributed by atoms with E-state index in [0.29, 0.717) is 12.6 Å². The smallest absolute Gasteiger partial charge is 0.305 e. The molecule has 1 saturated heterocycles. The Morgan fingerprint density at radius 3 is 2.86 bits per heavy atom. The fourth-order valence-corrected chi connectivity index (χ4v) is 3.93. The molecular weight excluding hydrogens is 268 g/mol. The van der Waals surface area contributed by atoms with E-state index in [-0.39, 0.29) is 12.3 Å². The predicted molar refractivity (Wildman–Crippen MR) is 81.0 cm³/mol. The molecule has 2 fully saturated rings. The van der Waals surface area contributed by atoms with Crippen molar-refractivity contribution < 1.29 is 14.7 Å². The molecule has 2 N–H and O–H groups in total. The molecule has 2 aliphatic rings. The zero-order valence-electron chi connectivity index (χ0n) is 13.0. The largest absolute Gasteiger partial charge is 0.481 e. The average Bonchev–Trinajstić information content (AvgIpc) is 2.67. The highest BCUT2D eigenvalue weighted by atomic mass is 16.4. The van der Waals surface area contributed by atoms with E-state index in [9.17, 15) is 9.59 Å². The molecule has 21 heavy (non-hydrogen) atoms. The monoisotopic (exact) mass is 296 g/mol. The Balaban J connectivity index is 2.00. The molecule has 1 aliphatic carbocycles. The van der Waals surface area contributed by atoms with Crippen LogP contribution in [-0.4, -0.2) is 47.1 Å². The van der Waals surface area contributed by atoms with Gasteiger partial charge in [-0.25, -0.2) is 0 Å². The number of carbonyl (C=O) groups is 2. The van der Waals surface area contributed by atoms with Crippen LogP contribution < -0.4 is 5.32 Å². The second-order valence-electron chi connectivity index (χ2n) is 6.46. The van der Waals surface area contributed by atoms with E-state index in [0.717, 1.165) is 25.3 Å². The quantitative estimate of drug-likeness (QED) is 0.761. The van der Waals surface area contributed by atoms with Crippen molar-refractivity contribution in [1.82, 2.24) is 10.2 Å². The fourth-order valence-electron chi connectivity index (χ4n) is 3.93. The van der Waals surface area contributed by atoms with E-state index in [1.54, 1.807) is 0 Å². The van der Waals surface area contributed by atoms with E-state index in [1.165, 1.54) is 32.1 Å². The number of piperazine rings is 1. The second-order valence-corrected chi connectivity index (χ2v) is 6.46. The molecule has 2 rings (SSSR count). The van der Waals surface area contributed by atoms with Gasteiger partial charge in [-0.2, -0.15) is 0 Å². The van der Waals surface area contributed by atoms with Gasteiger partial charge < -0.3 is 10.4 Å². The third-order valence-corrected chi connectivity index (χ3v) is 4.96. The minimum absolute atomic E-state index is 0.0826. The lowest BCUT2D eigenvalue weighted by Crippen LogP contribution is -2.59. The number of nitrogens with one attached hydrogen (secondary N) is 1. The Hall–Kier alpha value is -1.10. The number of carboxylic acid groups (broad SMARTS) is 1. The molecule has 0 aromatic rings. The number of carboxylic acids is 1. The first-order chi connectivity index (χ1) is 10.1. The lowest BCUT2D eigenvalue weighted by atomic mass is 9.95. The van der Waals surface area contributed by atoms with E-state index in [2.05, 4.69) is 17.1 Å². The first-order valence-electron chi connectivity index (χ1n) is 8.37. The molecule has 0 radical (unpaired) electrons. The Kier molecular flexibility index (Phi) is 6.03. The summed E-state index contributed by atoms with van der Waals surface area (Å²) < 4.78 is 0. The van der Waals surface area contributed by atoms with Crippen LogP contribution >= 0.6 is 0 Å². The normalized spacial score (nSPS) is 31.5. The molecule has 3 atom stereocenters. The minimum Gasteiger partial charge on any atom is -0.481 e. The summed E-state index contributed by atoms with van der Waals surface area (Å²) in [5, 5.41) is 11.9. The van der Waals surface area contributed by atoms with Crippen LogP contribution in [0.4, 0.5) is 0 Å². The lowest BCUT2D eigenvalue weighted by molar-refractivity contribution is -0.144. The molecular formula is C16H28N2O3. The van der Waals surface area contributed by atoms with Crippen LogP contribution in [0, 0.1) is 5.92 Å². The maximum absolute atomic E-state index is 12.0. The van der Waals surface area contributed by atoms with Crippen LogP contribution in [0.3, 0.4) is 0 Å². The third-order valence-electron chi connectivity index (χ3n) is 4.96. The van der Waals surface area contributed by atoms with Crippen LogP contribution in [0.5, 0.6) is 0 Å². The van der Waals surface area contributed by atoms with Crippen molar-refractivity contribution >= 4 is 11.9 Å². The first-order valence-corrected chi connectivity index (χ1v) is 8.37. The number of aliphatic carboxylic acids is 1. The zero-order valence-corrected chi connectivity index (χ0v) is 13.0. The van der Waals surface area contributed by atoms with Crippen LogP contribution in [0.2, 0.25) is 0 Å². The molecule has 1 saturated carbocycles. The van der Waals surface area contributed by atoms with Crippen LogP contribution in [0.1, 0.15) is 58.3 Å².